The summed E-state index contributed by atoms with van der Waals surface area (Å²) >= 11 is 3.40. The van der Waals surface area contributed by atoms with Crippen molar-refractivity contribution in [2.45, 2.75) is 33.3 Å². The van der Waals surface area contributed by atoms with Gasteiger partial charge in [-0.3, -0.25) is 9.59 Å². The molecular weight excluding hydrogens is 410 g/mol. The molecule has 142 valence electrons. The van der Waals surface area contributed by atoms with Crippen LogP contribution in [0.15, 0.2) is 52.0 Å². The summed E-state index contributed by atoms with van der Waals surface area (Å²) in [5.74, 6) is -0.245. The van der Waals surface area contributed by atoms with Gasteiger partial charge in [-0.05, 0) is 50.6 Å². The van der Waals surface area contributed by atoms with E-state index in [1.54, 1.807) is 6.07 Å². The van der Waals surface area contributed by atoms with E-state index in [1.165, 1.54) is 6.21 Å². The molecule has 0 aliphatic heterocycles. The Morgan fingerprint density at radius 3 is 2.63 bits per heavy atom. The first kappa shape index (κ1) is 20.6. The minimum Gasteiger partial charge on any atom is -0.490 e. The fourth-order valence-electron chi connectivity index (χ4n) is 2.25. The van der Waals surface area contributed by atoms with Gasteiger partial charge in [0.05, 0.1) is 12.3 Å². The summed E-state index contributed by atoms with van der Waals surface area (Å²) in [6.45, 7) is 5.74. The topological polar surface area (TPSA) is 79.8 Å². The van der Waals surface area contributed by atoms with Crippen LogP contribution in [0.25, 0.3) is 0 Å². The van der Waals surface area contributed by atoms with Crippen LogP contribution in [0.2, 0.25) is 0 Å². The van der Waals surface area contributed by atoms with E-state index in [1.807, 2.05) is 57.2 Å². The summed E-state index contributed by atoms with van der Waals surface area (Å²) in [6, 6.07) is 12.9. The number of aryl methyl sites for hydroxylation is 1. The quantitative estimate of drug-likeness (QED) is 0.394. The summed E-state index contributed by atoms with van der Waals surface area (Å²) < 4.78 is 6.58. The van der Waals surface area contributed by atoms with Crippen molar-refractivity contribution in [1.82, 2.24) is 5.43 Å². The number of nitrogens with zero attached hydrogens (tertiary/aromatic N) is 1. The van der Waals surface area contributed by atoms with Crippen molar-refractivity contribution in [3.8, 4) is 5.75 Å². The lowest BCUT2D eigenvalue weighted by Gasteiger charge is -2.12. The molecule has 0 unspecified atom stereocenters. The molecule has 2 aromatic rings. The number of amides is 2. The number of halogens is 1. The van der Waals surface area contributed by atoms with Gasteiger partial charge in [0.25, 0.3) is 0 Å². The highest BCUT2D eigenvalue weighted by Crippen LogP contribution is 2.22. The van der Waals surface area contributed by atoms with E-state index in [0.717, 1.165) is 10.0 Å². The average molecular weight is 432 g/mol. The molecule has 27 heavy (non-hydrogen) atoms. The number of benzene rings is 2. The first-order chi connectivity index (χ1) is 12.8. The van der Waals surface area contributed by atoms with Crippen LogP contribution in [0.1, 0.15) is 31.4 Å². The molecule has 0 aliphatic carbocycles. The van der Waals surface area contributed by atoms with Gasteiger partial charge >= 0.3 is 0 Å². The third kappa shape index (κ3) is 6.86. The number of hydrogen-bond acceptors (Lipinski definition) is 4. The smallest absolute Gasteiger partial charge is 0.249 e. The van der Waals surface area contributed by atoms with Crippen LogP contribution in [0.5, 0.6) is 5.75 Å². The van der Waals surface area contributed by atoms with Gasteiger partial charge in [0, 0.05) is 15.7 Å². The number of carbonyl (C=O) groups excluding carboxylic acids is 2. The number of para-hydroxylation sites is 1. The Bertz CT molecular complexity index is 850. The maximum Gasteiger partial charge on any atom is 0.249 e. The zero-order valence-electron chi connectivity index (χ0n) is 15.5. The van der Waals surface area contributed by atoms with Gasteiger partial charge in [-0.2, -0.15) is 5.10 Å². The molecular formula is C20H22BrN3O3. The van der Waals surface area contributed by atoms with Gasteiger partial charge in [0.1, 0.15) is 12.2 Å². The SMILES string of the molecule is Cc1ccccc1NC(=O)CC(=O)NN=Cc1cc(Br)ccc1OC(C)C. The van der Waals surface area contributed by atoms with Crippen LogP contribution in [-0.2, 0) is 9.59 Å². The molecule has 6 nitrogen and oxygen atoms in total. The van der Waals surface area contributed by atoms with E-state index in [4.69, 9.17) is 4.74 Å². The maximum atomic E-state index is 12.0. The molecule has 0 saturated heterocycles. The zero-order chi connectivity index (χ0) is 19.8. The number of hydrazone groups is 1. The Hall–Kier alpha value is -2.67. The Balaban J connectivity index is 1.92. The lowest BCUT2D eigenvalue weighted by Crippen LogP contribution is -2.24. The molecule has 0 radical (unpaired) electrons. The van der Waals surface area contributed by atoms with Gasteiger partial charge in [-0.25, -0.2) is 5.43 Å². The molecule has 0 fully saturated rings. The van der Waals surface area contributed by atoms with E-state index in [9.17, 15) is 9.59 Å². The Kier molecular flexibility index (Phi) is 7.55. The second-order valence-electron chi connectivity index (χ2n) is 6.18. The fourth-order valence-corrected chi connectivity index (χ4v) is 2.63. The molecule has 2 amide bonds. The molecule has 2 rings (SSSR count). The monoisotopic (exact) mass is 431 g/mol. The van der Waals surface area contributed by atoms with E-state index in [2.05, 4.69) is 31.8 Å². The molecule has 0 aliphatic rings. The standard InChI is InChI=1S/C20H22BrN3O3/c1-13(2)27-18-9-8-16(21)10-15(18)12-22-24-20(26)11-19(25)23-17-7-5-4-6-14(17)3/h4-10,12-13H,11H2,1-3H3,(H,23,25)(H,24,26). The van der Waals surface area contributed by atoms with Crippen LogP contribution >= 0.6 is 15.9 Å². The Morgan fingerprint density at radius 2 is 1.93 bits per heavy atom. The number of anilines is 1. The summed E-state index contributed by atoms with van der Waals surface area (Å²) in [5.41, 5.74) is 4.68. The summed E-state index contributed by atoms with van der Waals surface area (Å²) in [7, 11) is 0. The number of carbonyl (C=O) groups is 2. The van der Waals surface area contributed by atoms with Crippen molar-refractivity contribution in [2.24, 2.45) is 5.10 Å². The lowest BCUT2D eigenvalue weighted by molar-refractivity contribution is -0.126. The lowest BCUT2D eigenvalue weighted by atomic mass is 10.2. The first-order valence-electron chi connectivity index (χ1n) is 8.48. The predicted molar refractivity (Wildman–Crippen MR) is 110 cm³/mol. The van der Waals surface area contributed by atoms with Crippen molar-refractivity contribution in [1.29, 1.82) is 0 Å². The fraction of sp³-hybridized carbons (Fsp3) is 0.250. The largest absolute Gasteiger partial charge is 0.490 e. The van der Waals surface area contributed by atoms with E-state index in [-0.39, 0.29) is 12.5 Å². The van der Waals surface area contributed by atoms with Crippen molar-refractivity contribution in [3.05, 3.63) is 58.1 Å². The highest BCUT2D eigenvalue weighted by Gasteiger charge is 2.10. The third-order valence-corrected chi connectivity index (χ3v) is 3.96. The van der Waals surface area contributed by atoms with E-state index >= 15 is 0 Å². The number of rotatable bonds is 7. The summed E-state index contributed by atoms with van der Waals surface area (Å²) in [5, 5.41) is 6.63. The van der Waals surface area contributed by atoms with Gasteiger partial charge < -0.3 is 10.1 Å². The number of ether oxygens (including phenoxy) is 1. The first-order valence-corrected chi connectivity index (χ1v) is 9.28. The molecule has 7 heteroatoms. The van der Waals surface area contributed by atoms with Gasteiger partial charge in [-0.1, -0.05) is 34.1 Å². The van der Waals surface area contributed by atoms with Gasteiger partial charge in [0.2, 0.25) is 11.8 Å². The van der Waals surface area contributed by atoms with Crippen LogP contribution in [0, 0.1) is 6.92 Å². The maximum absolute atomic E-state index is 12.0. The molecule has 0 saturated carbocycles. The molecule has 0 atom stereocenters. The van der Waals surface area contributed by atoms with Crippen LogP contribution in [0.3, 0.4) is 0 Å². The highest BCUT2D eigenvalue weighted by atomic mass is 79.9. The van der Waals surface area contributed by atoms with Crippen LogP contribution in [0.4, 0.5) is 5.69 Å². The second kappa shape index (κ2) is 9.87. The number of nitrogens with one attached hydrogen (secondary N) is 2. The second-order valence-corrected chi connectivity index (χ2v) is 7.10. The van der Waals surface area contributed by atoms with Crippen molar-refractivity contribution >= 4 is 39.6 Å². The molecule has 2 aromatic carbocycles. The summed E-state index contributed by atoms with van der Waals surface area (Å²) in [4.78, 5) is 23.9. The highest BCUT2D eigenvalue weighted by molar-refractivity contribution is 9.10. The zero-order valence-corrected chi connectivity index (χ0v) is 17.0. The number of hydrogen-bond donors (Lipinski definition) is 2. The van der Waals surface area contributed by atoms with Crippen molar-refractivity contribution in [3.63, 3.8) is 0 Å². The minimum atomic E-state index is -0.501. The minimum absolute atomic E-state index is 0.0121. The third-order valence-electron chi connectivity index (χ3n) is 3.47. The molecule has 0 heterocycles. The van der Waals surface area contributed by atoms with Crippen LogP contribution in [-0.4, -0.2) is 24.1 Å². The molecule has 0 bridgehead atoms. The van der Waals surface area contributed by atoms with E-state index < -0.39 is 11.8 Å². The van der Waals surface area contributed by atoms with E-state index in [0.29, 0.717) is 17.0 Å². The molecule has 0 aromatic heterocycles. The summed E-state index contributed by atoms with van der Waals surface area (Å²) in [6.07, 6.45) is 1.18. The van der Waals surface area contributed by atoms with Crippen LogP contribution < -0.4 is 15.5 Å². The van der Waals surface area contributed by atoms with Crippen molar-refractivity contribution in [2.75, 3.05) is 5.32 Å². The Labute approximate surface area is 167 Å². The molecule has 0 spiro atoms. The normalized spacial score (nSPS) is 10.9. The predicted octanol–water partition coefficient (Wildman–Crippen LogP) is 4.02. The van der Waals surface area contributed by atoms with Crippen molar-refractivity contribution < 1.29 is 14.3 Å². The molecule has 2 N–H and O–H groups in total. The van der Waals surface area contributed by atoms with Gasteiger partial charge in [-0.15, -0.1) is 0 Å². The Morgan fingerprint density at radius 1 is 1.19 bits per heavy atom. The van der Waals surface area contributed by atoms with Gasteiger partial charge in [0.15, 0.2) is 0 Å². The average Bonchev–Trinajstić information content (AvgIpc) is 2.59.